The molecule has 6 nitrogen and oxygen atoms in total. The summed E-state index contributed by atoms with van der Waals surface area (Å²) < 4.78 is 5.32. The molecule has 1 fully saturated rings. The van der Waals surface area contributed by atoms with Crippen molar-refractivity contribution in [3.63, 3.8) is 0 Å². The summed E-state index contributed by atoms with van der Waals surface area (Å²) in [6.07, 6.45) is 1.61. The van der Waals surface area contributed by atoms with Crippen molar-refractivity contribution >= 4 is 17.4 Å². The number of anilines is 2. The van der Waals surface area contributed by atoms with Crippen LogP contribution in [0.5, 0.6) is 0 Å². The number of ether oxygens (including phenoxy) is 1. The Bertz CT molecular complexity index is 740. The molecule has 0 unspecified atom stereocenters. The van der Waals surface area contributed by atoms with Crippen LogP contribution < -0.4 is 10.6 Å². The Morgan fingerprint density at radius 3 is 2.73 bits per heavy atom. The van der Waals surface area contributed by atoms with Crippen molar-refractivity contribution < 1.29 is 9.53 Å². The first kappa shape index (κ1) is 18.4. The van der Waals surface area contributed by atoms with E-state index in [4.69, 9.17) is 4.74 Å². The van der Waals surface area contributed by atoms with Gasteiger partial charge >= 0.3 is 0 Å². The molecule has 3 rings (SSSR count). The van der Waals surface area contributed by atoms with Gasteiger partial charge in [-0.25, -0.2) is 4.98 Å². The lowest BCUT2D eigenvalue weighted by molar-refractivity contribution is 0.0383. The number of morpholine rings is 1. The van der Waals surface area contributed by atoms with Gasteiger partial charge < -0.3 is 15.4 Å². The molecule has 0 saturated carbocycles. The highest BCUT2D eigenvalue weighted by Gasteiger charge is 2.11. The maximum atomic E-state index is 12.2. The number of aryl methyl sites for hydroxylation is 2. The minimum absolute atomic E-state index is 0.0935. The predicted octanol–water partition coefficient (Wildman–Crippen LogP) is 2.50. The number of hydrogen-bond acceptors (Lipinski definition) is 5. The lowest BCUT2D eigenvalue weighted by atomic mass is 10.1. The van der Waals surface area contributed by atoms with Crippen molar-refractivity contribution in [3.05, 3.63) is 53.2 Å². The van der Waals surface area contributed by atoms with E-state index in [0.717, 1.165) is 49.9 Å². The van der Waals surface area contributed by atoms with Crippen molar-refractivity contribution in [2.75, 3.05) is 44.7 Å². The fraction of sp³-hybridized carbons (Fsp3) is 0.400. The number of amides is 1. The van der Waals surface area contributed by atoms with Gasteiger partial charge in [0.15, 0.2) is 0 Å². The molecule has 26 heavy (non-hydrogen) atoms. The summed E-state index contributed by atoms with van der Waals surface area (Å²) >= 11 is 0. The van der Waals surface area contributed by atoms with Gasteiger partial charge in [-0.2, -0.15) is 0 Å². The molecule has 138 valence electrons. The van der Waals surface area contributed by atoms with Crippen molar-refractivity contribution in [2.45, 2.75) is 13.8 Å². The summed E-state index contributed by atoms with van der Waals surface area (Å²) in [6, 6.07) is 9.87. The Kier molecular flexibility index (Phi) is 6.20. The highest BCUT2D eigenvalue weighted by molar-refractivity contribution is 5.94. The van der Waals surface area contributed by atoms with Crippen molar-refractivity contribution in [3.8, 4) is 0 Å². The second kappa shape index (κ2) is 8.78. The van der Waals surface area contributed by atoms with E-state index in [0.29, 0.717) is 12.1 Å². The van der Waals surface area contributed by atoms with Gasteiger partial charge in [-0.1, -0.05) is 12.1 Å². The Morgan fingerprint density at radius 2 is 2.00 bits per heavy atom. The Balaban J connectivity index is 1.51. The van der Waals surface area contributed by atoms with Gasteiger partial charge in [0.05, 0.1) is 18.8 Å². The minimum atomic E-state index is -0.0935. The summed E-state index contributed by atoms with van der Waals surface area (Å²) in [5.41, 5.74) is 3.94. The number of hydrogen-bond donors (Lipinski definition) is 2. The number of rotatable bonds is 6. The van der Waals surface area contributed by atoms with E-state index in [9.17, 15) is 4.79 Å². The first-order chi connectivity index (χ1) is 12.6. The second-order valence-electron chi connectivity index (χ2n) is 6.59. The fourth-order valence-corrected chi connectivity index (χ4v) is 2.86. The molecule has 2 heterocycles. The average Bonchev–Trinajstić information content (AvgIpc) is 2.66. The predicted molar refractivity (Wildman–Crippen MR) is 103 cm³/mol. The van der Waals surface area contributed by atoms with Crippen LogP contribution in [-0.4, -0.2) is 55.2 Å². The van der Waals surface area contributed by atoms with Gasteiger partial charge in [0.2, 0.25) is 0 Å². The normalized spacial score (nSPS) is 14.8. The lowest BCUT2D eigenvalue weighted by Gasteiger charge is -2.26. The molecule has 0 radical (unpaired) electrons. The number of benzene rings is 1. The summed E-state index contributed by atoms with van der Waals surface area (Å²) in [7, 11) is 0. The second-order valence-corrected chi connectivity index (χ2v) is 6.59. The van der Waals surface area contributed by atoms with Gasteiger partial charge in [0.1, 0.15) is 5.82 Å². The number of nitrogens with one attached hydrogen (secondary N) is 2. The van der Waals surface area contributed by atoms with Crippen molar-refractivity contribution in [1.82, 2.24) is 15.2 Å². The number of carbonyl (C=O) groups excluding carboxylic acids is 1. The maximum absolute atomic E-state index is 12.2. The van der Waals surface area contributed by atoms with Gasteiger partial charge in [-0.3, -0.25) is 9.69 Å². The van der Waals surface area contributed by atoms with Gasteiger partial charge in [0.25, 0.3) is 5.91 Å². The van der Waals surface area contributed by atoms with E-state index in [1.165, 1.54) is 5.56 Å². The average molecular weight is 354 g/mol. The standard InChI is InChI=1S/C20H26N4O2/c1-15-3-4-16(2)18(13-15)23-19-6-5-17(14-22-19)20(25)21-7-8-24-9-11-26-12-10-24/h3-6,13-14H,7-12H2,1-2H3,(H,21,25)(H,22,23). The van der Waals surface area contributed by atoms with E-state index in [2.05, 4.69) is 52.6 Å². The van der Waals surface area contributed by atoms with Crippen LogP contribution >= 0.6 is 0 Å². The van der Waals surface area contributed by atoms with Crippen LogP contribution in [0, 0.1) is 13.8 Å². The van der Waals surface area contributed by atoms with Gasteiger partial charge in [0, 0.05) is 38.1 Å². The fourth-order valence-electron chi connectivity index (χ4n) is 2.86. The number of carbonyl (C=O) groups is 1. The Hall–Kier alpha value is -2.44. The molecule has 1 saturated heterocycles. The van der Waals surface area contributed by atoms with Gasteiger partial charge in [-0.15, -0.1) is 0 Å². The molecule has 0 aliphatic carbocycles. The SMILES string of the molecule is Cc1ccc(C)c(Nc2ccc(C(=O)NCCN3CCOCC3)cn2)c1. The van der Waals surface area contributed by atoms with Crippen molar-refractivity contribution in [2.24, 2.45) is 0 Å². The van der Waals surface area contributed by atoms with Crippen LogP contribution in [0.2, 0.25) is 0 Å². The third-order valence-electron chi connectivity index (χ3n) is 4.50. The maximum Gasteiger partial charge on any atom is 0.252 e. The van der Waals surface area contributed by atoms with Crippen molar-refractivity contribution in [1.29, 1.82) is 0 Å². The highest BCUT2D eigenvalue weighted by Crippen LogP contribution is 2.20. The molecule has 0 bridgehead atoms. The Morgan fingerprint density at radius 1 is 1.19 bits per heavy atom. The molecule has 6 heteroatoms. The molecule has 2 aromatic rings. The van der Waals surface area contributed by atoms with E-state index in [-0.39, 0.29) is 5.91 Å². The Labute approximate surface area is 154 Å². The third kappa shape index (κ3) is 5.03. The van der Waals surface area contributed by atoms with Crippen LogP contribution in [0.1, 0.15) is 21.5 Å². The van der Waals surface area contributed by atoms with Crippen LogP contribution in [0.4, 0.5) is 11.5 Å². The topological polar surface area (TPSA) is 66.5 Å². The molecule has 0 spiro atoms. The largest absolute Gasteiger partial charge is 0.379 e. The zero-order valence-electron chi connectivity index (χ0n) is 15.4. The number of aromatic nitrogens is 1. The monoisotopic (exact) mass is 354 g/mol. The first-order valence-electron chi connectivity index (χ1n) is 9.00. The zero-order chi connectivity index (χ0) is 18.4. The molecule has 1 aliphatic heterocycles. The van der Waals surface area contributed by atoms with E-state index in [1.807, 2.05) is 6.07 Å². The summed E-state index contributed by atoms with van der Waals surface area (Å²) in [5, 5.41) is 6.25. The zero-order valence-corrected chi connectivity index (χ0v) is 15.4. The minimum Gasteiger partial charge on any atom is -0.379 e. The molecule has 2 N–H and O–H groups in total. The van der Waals surface area contributed by atoms with E-state index in [1.54, 1.807) is 12.3 Å². The lowest BCUT2D eigenvalue weighted by Crippen LogP contribution is -2.41. The van der Waals surface area contributed by atoms with Crippen LogP contribution in [0.3, 0.4) is 0 Å². The smallest absolute Gasteiger partial charge is 0.252 e. The number of nitrogens with zero attached hydrogens (tertiary/aromatic N) is 2. The first-order valence-corrected chi connectivity index (χ1v) is 9.00. The molecular weight excluding hydrogens is 328 g/mol. The molecule has 0 atom stereocenters. The molecule has 1 aromatic carbocycles. The molecule has 1 aliphatic rings. The third-order valence-corrected chi connectivity index (χ3v) is 4.50. The summed E-state index contributed by atoms with van der Waals surface area (Å²) in [5.74, 6) is 0.632. The molecule has 1 amide bonds. The van der Waals surface area contributed by atoms with Gasteiger partial charge in [-0.05, 0) is 43.2 Å². The van der Waals surface area contributed by atoms with Crippen LogP contribution in [0.15, 0.2) is 36.5 Å². The summed E-state index contributed by atoms with van der Waals surface area (Å²) in [6.45, 7) is 8.97. The van der Waals surface area contributed by atoms with E-state index < -0.39 is 0 Å². The quantitative estimate of drug-likeness (QED) is 0.834. The number of pyridine rings is 1. The highest BCUT2D eigenvalue weighted by atomic mass is 16.5. The molecular formula is C20H26N4O2. The van der Waals surface area contributed by atoms with Crippen LogP contribution in [0.25, 0.3) is 0 Å². The summed E-state index contributed by atoms with van der Waals surface area (Å²) in [4.78, 5) is 18.9. The molecule has 1 aromatic heterocycles. The van der Waals surface area contributed by atoms with E-state index >= 15 is 0 Å². The van der Waals surface area contributed by atoms with Crippen LogP contribution in [-0.2, 0) is 4.74 Å².